The second-order valence-electron chi connectivity index (χ2n) is 6.84. The lowest BCUT2D eigenvalue weighted by atomic mass is 9.78. The van der Waals surface area contributed by atoms with E-state index in [9.17, 15) is 9.18 Å². The molecule has 2 aromatic heterocycles. The Labute approximate surface area is 145 Å². The number of hydrogen-bond donors (Lipinski definition) is 0. The predicted octanol–water partition coefficient (Wildman–Crippen LogP) is 2.03. The maximum atomic E-state index is 13.1. The molecule has 0 bridgehead atoms. The molecule has 130 valence electrons. The van der Waals surface area contributed by atoms with E-state index < -0.39 is 5.82 Å². The minimum Gasteiger partial charge on any atom is -0.340 e. The zero-order valence-electron chi connectivity index (χ0n) is 13.9. The van der Waals surface area contributed by atoms with Gasteiger partial charge in [0.1, 0.15) is 0 Å². The molecule has 4 rings (SSSR count). The van der Waals surface area contributed by atoms with Gasteiger partial charge in [-0.3, -0.25) is 9.78 Å². The predicted molar refractivity (Wildman–Crippen MR) is 90.1 cm³/mol. The van der Waals surface area contributed by atoms with Gasteiger partial charge >= 0.3 is 0 Å². The van der Waals surface area contributed by atoms with E-state index in [0.717, 1.165) is 37.9 Å². The summed E-state index contributed by atoms with van der Waals surface area (Å²) in [6, 6.07) is 3.88. The van der Waals surface area contributed by atoms with Crippen LogP contribution in [-0.2, 0) is 11.3 Å². The first kappa shape index (κ1) is 15.9. The van der Waals surface area contributed by atoms with Crippen molar-refractivity contribution in [1.82, 2.24) is 19.9 Å². The van der Waals surface area contributed by atoms with Crippen molar-refractivity contribution in [3.8, 4) is 0 Å². The number of carbonyl (C=O) groups excluding carboxylic acids is 1. The summed E-state index contributed by atoms with van der Waals surface area (Å²) in [7, 11) is 0. The Morgan fingerprint density at radius 2 is 2.00 bits per heavy atom. The number of anilines is 1. The summed E-state index contributed by atoms with van der Waals surface area (Å²) in [6.07, 6.45) is 8.52. The van der Waals surface area contributed by atoms with E-state index in [1.807, 2.05) is 21.9 Å². The number of rotatable bonds is 3. The molecule has 2 fully saturated rings. The molecule has 2 aliphatic rings. The zero-order valence-corrected chi connectivity index (χ0v) is 13.9. The molecule has 2 aromatic rings. The Morgan fingerprint density at radius 1 is 1.16 bits per heavy atom. The van der Waals surface area contributed by atoms with Crippen LogP contribution >= 0.6 is 0 Å². The maximum Gasteiger partial charge on any atom is 0.230 e. The summed E-state index contributed by atoms with van der Waals surface area (Å²) >= 11 is 0. The number of aromatic nitrogens is 3. The topological polar surface area (TPSA) is 62.2 Å². The van der Waals surface area contributed by atoms with Gasteiger partial charge < -0.3 is 9.80 Å². The molecule has 0 saturated carbocycles. The highest BCUT2D eigenvalue weighted by atomic mass is 19.1. The number of nitrogens with zero attached hydrogens (tertiary/aromatic N) is 5. The molecule has 1 amide bonds. The van der Waals surface area contributed by atoms with Gasteiger partial charge in [-0.2, -0.15) is 0 Å². The molecule has 6 nitrogen and oxygen atoms in total. The maximum absolute atomic E-state index is 13.1. The largest absolute Gasteiger partial charge is 0.340 e. The molecular formula is C18H20FN5O. The number of hydrogen-bond acceptors (Lipinski definition) is 5. The van der Waals surface area contributed by atoms with Crippen LogP contribution in [0.3, 0.4) is 0 Å². The highest BCUT2D eigenvalue weighted by molar-refractivity contribution is 5.85. The van der Waals surface area contributed by atoms with E-state index in [1.54, 1.807) is 12.4 Å². The lowest BCUT2D eigenvalue weighted by molar-refractivity contribution is -0.137. The Kier molecular flexibility index (Phi) is 4.07. The molecule has 0 radical (unpaired) electrons. The zero-order chi connectivity index (χ0) is 17.3. The molecule has 0 unspecified atom stereocenters. The van der Waals surface area contributed by atoms with E-state index in [0.29, 0.717) is 19.0 Å². The molecule has 25 heavy (non-hydrogen) atoms. The highest BCUT2D eigenvalue weighted by Crippen LogP contribution is 2.41. The van der Waals surface area contributed by atoms with Crippen molar-refractivity contribution in [3.63, 3.8) is 0 Å². The number of halogens is 1. The standard InChI is InChI=1S/C18H20FN5O/c19-15-10-21-17(22-11-15)24-7-2-4-18(13-24)5-8-23(16(18)25)12-14-3-1-6-20-9-14/h1,3,6,9-11H,2,4-5,7-8,12-13H2/t18-/m1/s1. The van der Waals surface area contributed by atoms with Gasteiger partial charge in [-0.15, -0.1) is 0 Å². The Bertz CT molecular complexity index is 754. The van der Waals surface area contributed by atoms with E-state index >= 15 is 0 Å². The van der Waals surface area contributed by atoms with Gasteiger partial charge in [0, 0.05) is 38.6 Å². The van der Waals surface area contributed by atoms with Crippen LogP contribution in [0.5, 0.6) is 0 Å². The fraction of sp³-hybridized carbons (Fsp3) is 0.444. The van der Waals surface area contributed by atoms with Crippen molar-refractivity contribution in [2.75, 3.05) is 24.5 Å². The molecule has 2 aliphatic heterocycles. The van der Waals surface area contributed by atoms with Crippen LogP contribution in [-0.4, -0.2) is 45.4 Å². The molecule has 0 aliphatic carbocycles. The molecule has 0 N–H and O–H groups in total. The lowest BCUT2D eigenvalue weighted by Gasteiger charge is -2.39. The van der Waals surface area contributed by atoms with E-state index in [4.69, 9.17) is 0 Å². The Balaban J connectivity index is 1.49. The summed E-state index contributed by atoms with van der Waals surface area (Å²) in [4.78, 5) is 29.3. The summed E-state index contributed by atoms with van der Waals surface area (Å²) in [5.41, 5.74) is 0.667. The van der Waals surface area contributed by atoms with Gasteiger partial charge in [-0.25, -0.2) is 14.4 Å². The van der Waals surface area contributed by atoms with E-state index in [-0.39, 0.29) is 11.3 Å². The fourth-order valence-electron chi connectivity index (χ4n) is 3.91. The molecule has 1 atom stereocenters. The van der Waals surface area contributed by atoms with Crippen LogP contribution in [0, 0.1) is 11.2 Å². The average Bonchev–Trinajstić information content (AvgIpc) is 2.93. The minimum atomic E-state index is -0.449. The van der Waals surface area contributed by atoms with Crippen molar-refractivity contribution in [2.45, 2.75) is 25.8 Å². The number of amides is 1. The van der Waals surface area contributed by atoms with Crippen molar-refractivity contribution >= 4 is 11.9 Å². The van der Waals surface area contributed by atoms with Crippen molar-refractivity contribution in [2.24, 2.45) is 5.41 Å². The van der Waals surface area contributed by atoms with Gasteiger partial charge in [0.05, 0.1) is 17.8 Å². The third kappa shape index (κ3) is 3.06. The third-order valence-corrected chi connectivity index (χ3v) is 5.16. The molecule has 2 saturated heterocycles. The summed E-state index contributed by atoms with van der Waals surface area (Å²) in [5.74, 6) is 0.247. The molecular weight excluding hydrogens is 321 g/mol. The fourth-order valence-corrected chi connectivity index (χ4v) is 3.91. The van der Waals surface area contributed by atoms with Crippen LogP contribution in [0.4, 0.5) is 10.3 Å². The molecule has 7 heteroatoms. The van der Waals surface area contributed by atoms with Crippen molar-refractivity contribution in [1.29, 1.82) is 0 Å². The summed E-state index contributed by atoms with van der Waals surface area (Å²) in [5, 5.41) is 0. The SMILES string of the molecule is O=C1N(Cc2cccnc2)CC[C@@]12CCCN(c1ncc(F)cn1)C2. The van der Waals surface area contributed by atoms with Crippen LogP contribution in [0.2, 0.25) is 0 Å². The number of piperidine rings is 1. The Morgan fingerprint density at radius 3 is 2.76 bits per heavy atom. The smallest absolute Gasteiger partial charge is 0.230 e. The van der Waals surface area contributed by atoms with Gasteiger partial charge in [-0.1, -0.05) is 6.07 Å². The van der Waals surface area contributed by atoms with Gasteiger partial charge in [0.25, 0.3) is 0 Å². The summed E-state index contributed by atoms with van der Waals surface area (Å²) in [6.45, 7) is 2.75. The Hall–Kier alpha value is -2.57. The minimum absolute atomic E-state index is 0.197. The monoisotopic (exact) mass is 341 g/mol. The second-order valence-corrected chi connectivity index (χ2v) is 6.84. The summed E-state index contributed by atoms with van der Waals surface area (Å²) < 4.78 is 13.1. The van der Waals surface area contributed by atoms with Crippen molar-refractivity contribution in [3.05, 3.63) is 48.3 Å². The first-order chi connectivity index (χ1) is 12.2. The molecule has 4 heterocycles. The van der Waals surface area contributed by atoms with E-state index in [2.05, 4.69) is 15.0 Å². The van der Waals surface area contributed by atoms with Gasteiger partial charge in [0.2, 0.25) is 11.9 Å². The highest BCUT2D eigenvalue weighted by Gasteiger charge is 2.49. The van der Waals surface area contributed by atoms with E-state index in [1.165, 1.54) is 12.4 Å². The molecule has 1 spiro atoms. The normalized spacial score (nSPS) is 23.5. The first-order valence-corrected chi connectivity index (χ1v) is 8.57. The molecule has 0 aromatic carbocycles. The van der Waals surface area contributed by atoms with Gasteiger partial charge in [0.15, 0.2) is 5.82 Å². The van der Waals surface area contributed by atoms with Crippen molar-refractivity contribution < 1.29 is 9.18 Å². The average molecular weight is 341 g/mol. The van der Waals surface area contributed by atoms with Crippen LogP contribution in [0.15, 0.2) is 36.9 Å². The number of likely N-dealkylation sites (tertiary alicyclic amines) is 1. The van der Waals surface area contributed by atoms with Crippen LogP contribution < -0.4 is 4.90 Å². The number of carbonyl (C=O) groups is 1. The van der Waals surface area contributed by atoms with Crippen LogP contribution in [0.1, 0.15) is 24.8 Å². The second kappa shape index (κ2) is 6.38. The number of pyridine rings is 1. The lowest BCUT2D eigenvalue weighted by Crippen LogP contribution is -2.48. The van der Waals surface area contributed by atoms with Gasteiger partial charge in [-0.05, 0) is 30.9 Å². The van der Waals surface area contributed by atoms with Crippen LogP contribution in [0.25, 0.3) is 0 Å². The quantitative estimate of drug-likeness (QED) is 0.855. The first-order valence-electron chi connectivity index (χ1n) is 8.57. The third-order valence-electron chi connectivity index (χ3n) is 5.16.